The van der Waals surface area contributed by atoms with Crippen LogP contribution in [0.25, 0.3) is 23.2 Å². The number of nitrogens with one attached hydrogen (secondary N) is 1. The summed E-state index contributed by atoms with van der Waals surface area (Å²) in [5.41, 5.74) is 1.39. The van der Waals surface area contributed by atoms with Crippen LogP contribution in [0.2, 0.25) is 0 Å². The van der Waals surface area contributed by atoms with Gasteiger partial charge in [0.05, 0.1) is 26.2 Å². The fraction of sp³-hybridized carbons (Fsp3) is 0.0909. The summed E-state index contributed by atoms with van der Waals surface area (Å²) in [5.74, 6) is 1.49. The molecule has 0 radical (unpaired) electrons. The van der Waals surface area contributed by atoms with Crippen LogP contribution in [0.15, 0.2) is 71.3 Å². The summed E-state index contributed by atoms with van der Waals surface area (Å²) >= 11 is 0. The summed E-state index contributed by atoms with van der Waals surface area (Å²) in [6, 6.07) is 17.9. The van der Waals surface area contributed by atoms with E-state index in [2.05, 4.69) is 20.8 Å². The van der Waals surface area contributed by atoms with Crippen molar-refractivity contribution in [1.82, 2.24) is 20.2 Å². The summed E-state index contributed by atoms with van der Waals surface area (Å²) in [7, 11) is 3.07. The highest BCUT2D eigenvalue weighted by Crippen LogP contribution is 2.30. The predicted octanol–water partition coefficient (Wildman–Crippen LogP) is 3.59. The first-order valence-electron chi connectivity index (χ1n) is 9.32. The van der Waals surface area contributed by atoms with Gasteiger partial charge in [-0.15, -0.1) is 5.10 Å². The predicted molar refractivity (Wildman–Crippen MR) is 114 cm³/mol. The van der Waals surface area contributed by atoms with E-state index >= 15 is 0 Å². The lowest BCUT2D eigenvalue weighted by atomic mass is 10.2. The largest absolute Gasteiger partial charge is 0.497 e. The minimum atomic E-state index is -0.454. The van der Waals surface area contributed by atoms with Crippen molar-refractivity contribution in [3.05, 3.63) is 72.7 Å². The van der Waals surface area contributed by atoms with Crippen LogP contribution in [-0.2, 0) is 4.79 Å². The Morgan fingerprint density at radius 2 is 1.90 bits per heavy atom. The molecule has 1 N–H and O–H groups in total. The molecule has 4 rings (SSSR count). The lowest BCUT2D eigenvalue weighted by Crippen LogP contribution is -2.19. The molecular weight excluding hydrogens is 398 g/mol. The average Bonchev–Trinajstić information content (AvgIpc) is 3.50. The van der Waals surface area contributed by atoms with Gasteiger partial charge in [-0.3, -0.25) is 4.79 Å². The molecule has 31 heavy (non-hydrogen) atoms. The summed E-state index contributed by atoms with van der Waals surface area (Å²) in [4.78, 5) is 13.3. The molecule has 2 aromatic heterocycles. The van der Waals surface area contributed by atoms with Gasteiger partial charge in [0.2, 0.25) is 0 Å². The maximum Gasteiger partial charge on any atom is 0.274 e. The third kappa shape index (κ3) is 4.30. The third-order valence-corrected chi connectivity index (χ3v) is 4.44. The second-order valence-electron chi connectivity index (χ2n) is 6.35. The molecule has 1 amide bonds. The van der Waals surface area contributed by atoms with Crippen LogP contribution in [0.4, 0.5) is 5.69 Å². The van der Waals surface area contributed by atoms with Gasteiger partial charge in [-0.05, 0) is 34.7 Å². The van der Waals surface area contributed by atoms with E-state index in [4.69, 9.17) is 13.9 Å². The van der Waals surface area contributed by atoms with Gasteiger partial charge in [-0.2, -0.15) is 4.68 Å². The second-order valence-corrected chi connectivity index (χ2v) is 6.35. The van der Waals surface area contributed by atoms with Crippen LogP contribution < -0.4 is 14.8 Å². The number of hydrogen-bond donors (Lipinski definition) is 1. The zero-order valence-electron chi connectivity index (χ0n) is 16.9. The van der Waals surface area contributed by atoms with Gasteiger partial charge in [0, 0.05) is 17.7 Å². The number of amides is 1. The van der Waals surface area contributed by atoms with Gasteiger partial charge in [0.25, 0.3) is 5.91 Å². The number of rotatable bonds is 7. The summed E-state index contributed by atoms with van der Waals surface area (Å²) in [6.07, 6.45) is 3.08. The van der Waals surface area contributed by atoms with Gasteiger partial charge < -0.3 is 19.2 Å². The molecule has 2 heterocycles. The Morgan fingerprint density at radius 3 is 2.61 bits per heavy atom. The van der Waals surface area contributed by atoms with E-state index in [1.807, 2.05) is 30.3 Å². The van der Waals surface area contributed by atoms with E-state index in [-0.39, 0.29) is 5.70 Å². The first-order valence-corrected chi connectivity index (χ1v) is 9.32. The Kier molecular flexibility index (Phi) is 5.75. The van der Waals surface area contributed by atoms with Crippen molar-refractivity contribution in [1.29, 1.82) is 0 Å². The number of furan rings is 1. The van der Waals surface area contributed by atoms with Gasteiger partial charge in [0.15, 0.2) is 5.82 Å². The van der Waals surface area contributed by atoms with E-state index in [0.29, 0.717) is 28.8 Å². The molecule has 0 unspecified atom stereocenters. The van der Waals surface area contributed by atoms with Crippen LogP contribution >= 0.6 is 0 Å². The number of nitrogens with zero attached hydrogens (tertiary/aromatic N) is 4. The van der Waals surface area contributed by atoms with E-state index in [1.165, 1.54) is 18.1 Å². The number of aromatic nitrogens is 4. The molecule has 0 atom stereocenters. The molecule has 9 heteroatoms. The summed E-state index contributed by atoms with van der Waals surface area (Å²) in [6.45, 7) is 0. The van der Waals surface area contributed by atoms with Crippen molar-refractivity contribution in [3.8, 4) is 22.9 Å². The number of methoxy groups -OCH3 is 2. The fourth-order valence-corrected chi connectivity index (χ4v) is 2.94. The van der Waals surface area contributed by atoms with Crippen molar-refractivity contribution in [2.45, 2.75) is 0 Å². The number of hydrogen-bond acceptors (Lipinski definition) is 7. The Bertz CT molecular complexity index is 1200. The first-order chi connectivity index (χ1) is 15.2. The molecule has 4 aromatic rings. The molecule has 0 bridgehead atoms. The van der Waals surface area contributed by atoms with Gasteiger partial charge in [0.1, 0.15) is 23.0 Å². The Morgan fingerprint density at radius 1 is 1.06 bits per heavy atom. The average molecular weight is 417 g/mol. The Balaban J connectivity index is 1.75. The number of anilines is 1. The van der Waals surface area contributed by atoms with E-state index in [0.717, 1.165) is 5.56 Å². The molecule has 0 spiro atoms. The molecule has 156 valence electrons. The molecular formula is C22H19N5O4. The highest BCUT2D eigenvalue weighted by molar-refractivity contribution is 6.24. The zero-order valence-corrected chi connectivity index (χ0v) is 16.9. The molecule has 9 nitrogen and oxygen atoms in total. The van der Waals surface area contributed by atoms with E-state index < -0.39 is 5.91 Å². The number of ether oxygens (including phenoxy) is 2. The quantitative estimate of drug-likeness (QED) is 0.458. The van der Waals surface area contributed by atoms with Crippen molar-refractivity contribution in [2.24, 2.45) is 0 Å². The molecule has 0 aliphatic rings. The Hall–Kier alpha value is -4.40. The Labute approximate surface area is 177 Å². The van der Waals surface area contributed by atoms with Crippen LogP contribution in [0.3, 0.4) is 0 Å². The first kappa shape index (κ1) is 19.9. The van der Waals surface area contributed by atoms with Crippen LogP contribution in [0, 0.1) is 0 Å². The molecule has 0 saturated carbocycles. The number of tetrazole rings is 1. The smallest absolute Gasteiger partial charge is 0.274 e. The number of carbonyl (C=O) groups is 1. The number of benzene rings is 2. The topological polar surface area (TPSA) is 104 Å². The van der Waals surface area contributed by atoms with Gasteiger partial charge in [-0.1, -0.05) is 30.3 Å². The van der Waals surface area contributed by atoms with Crippen molar-refractivity contribution in [3.63, 3.8) is 0 Å². The fourth-order valence-electron chi connectivity index (χ4n) is 2.94. The third-order valence-electron chi connectivity index (χ3n) is 4.44. The lowest BCUT2D eigenvalue weighted by molar-refractivity contribution is -0.111. The van der Waals surface area contributed by atoms with Crippen molar-refractivity contribution < 1.29 is 18.7 Å². The summed E-state index contributed by atoms with van der Waals surface area (Å²) < 4.78 is 17.4. The maximum atomic E-state index is 13.3. The minimum absolute atomic E-state index is 0.164. The lowest BCUT2D eigenvalue weighted by Gasteiger charge is -2.13. The summed E-state index contributed by atoms with van der Waals surface area (Å²) in [5, 5.41) is 14.7. The van der Waals surface area contributed by atoms with E-state index in [9.17, 15) is 4.79 Å². The number of carbonyl (C=O) groups excluding carboxylic acids is 1. The van der Waals surface area contributed by atoms with Crippen LogP contribution in [-0.4, -0.2) is 40.3 Å². The highest BCUT2D eigenvalue weighted by atomic mass is 16.5. The van der Waals surface area contributed by atoms with E-state index in [1.54, 1.807) is 43.5 Å². The zero-order chi connectivity index (χ0) is 21.6. The maximum absolute atomic E-state index is 13.3. The van der Waals surface area contributed by atoms with Gasteiger partial charge >= 0.3 is 0 Å². The minimum Gasteiger partial charge on any atom is -0.497 e. The van der Waals surface area contributed by atoms with Crippen LogP contribution in [0.1, 0.15) is 5.76 Å². The molecule has 0 saturated heterocycles. The van der Waals surface area contributed by atoms with Gasteiger partial charge in [-0.25, -0.2) is 0 Å². The molecule has 0 aliphatic carbocycles. The standard InChI is InChI=1S/C22H19N5O4/c1-29-16-10-11-18(20(14-16)30-2)23-22(28)19(13-17-9-6-12-31-17)27-21(24-25-26-27)15-7-4-3-5-8-15/h3-14H,1-2H3,(H,23,28)/b19-13-. The van der Waals surface area contributed by atoms with Crippen molar-refractivity contribution >= 4 is 23.4 Å². The normalized spacial score (nSPS) is 11.2. The molecule has 0 fully saturated rings. The molecule has 2 aromatic carbocycles. The van der Waals surface area contributed by atoms with Crippen LogP contribution in [0.5, 0.6) is 11.5 Å². The van der Waals surface area contributed by atoms with Crippen molar-refractivity contribution in [2.75, 3.05) is 19.5 Å². The second kappa shape index (κ2) is 8.95. The highest BCUT2D eigenvalue weighted by Gasteiger charge is 2.21. The monoisotopic (exact) mass is 417 g/mol. The molecule has 0 aliphatic heterocycles. The SMILES string of the molecule is COc1ccc(NC(=O)/C(=C/c2ccco2)n2nnnc2-c2ccccc2)c(OC)c1.